The lowest BCUT2D eigenvalue weighted by Gasteiger charge is -2.07. The molecule has 0 bridgehead atoms. The van der Waals surface area contributed by atoms with Gasteiger partial charge < -0.3 is 0 Å². The number of hydrogen-bond donors (Lipinski definition) is 0. The van der Waals surface area contributed by atoms with Gasteiger partial charge in [0.2, 0.25) is 0 Å². The Kier molecular flexibility index (Phi) is 3.01. The number of alkyl halides is 3. The fourth-order valence-corrected chi connectivity index (χ4v) is 1.80. The minimum Gasteiger partial charge on any atom is -0.293 e. The van der Waals surface area contributed by atoms with Crippen LogP contribution >= 0.6 is 11.6 Å². The standard InChI is InChI=1S/C11H4ClF4N5/c12-9-5(13)1-19-10(20-9)6-2-18-8-3-17-7(4-21(6)8)11(14,15)16/h1-4H. The molecule has 0 aromatic carbocycles. The second kappa shape index (κ2) is 4.62. The van der Waals surface area contributed by atoms with E-state index < -0.39 is 22.8 Å². The summed E-state index contributed by atoms with van der Waals surface area (Å²) in [6.07, 6.45) is -0.788. The molecule has 0 N–H and O–H groups in total. The third-order valence-corrected chi connectivity index (χ3v) is 2.88. The molecular weight excluding hydrogens is 314 g/mol. The zero-order valence-corrected chi connectivity index (χ0v) is 10.7. The Balaban J connectivity index is 2.20. The van der Waals surface area contributed by atoms with Crippen molar-refractivity contribution < 1.29 is 17.6 Å². The van der Waals surface area contributed by atoms with Gasteiger partial charge in [0.25, 0.3) is 0 Å². The normalized spacial score (nSPS) is 12.0. The van der Waals surface area contributed by atoms with Crippen LogP contribution < -0.4 is 0 Å². The van der Waals surface area contributed by atoms with E-state index in [1.54, 1.807) is 0 Å². The van der Waals surface area contributed by atoms with Crippen LogP contribution in [0.5, 0.6) is 0 Å². The molecule has 0 spiro atoms. The Labute approximate surface area is 119 Å². The summed E-state index contributed by atoms with van der Waals surface area (Å²) in [7, 11) is 0. The zero-order valence-electron chi connectivity index (χ0n) is 9.94. The summed E-state index contributed by atoms with van der Waals surface area (Å²) < 4.78 is 52.2. The molecule has 0 fully saturated rings. The molecule has 5 nitrogen and oxygen atoms in total. The van der Waals surface area contributed by atoms with Crippen molar-refractivity contribution in [1.29, 1.82) is 0 Å². The van der Waals surface area contributed by atoms with E-state index in [0.717, 1.165) is 23.0 Å². The van der Waals surface area contributed by atoms with E-state index in [4.69, 9.17) is 11.6 Å². The van der Waals surface area contributed by atoms with Crippen LogP contribution in [0.3, 0.4) is 0 Å². The van der Waals surface area contributed by atoms with Crippen LogP contribution in [0, 0.1) is 5.82 Å². The molecule has 0 unspecified atom stereocenters. The molecule has 3 aromatic heterocycles. The van der Waals surface area contributed by atoms with E-state index in [9.17, 15) is 17.6 Å². The van der Waals surface area contributed by atoms with E-state index >= 15 is 0 Å². The second-order valence-electron chi connectivity index (χ2n) is 3.97. The molecule has 0 amide bonds. The van der Waals surface area contributed by atoms with Gasteiger partial charge >= 0.3 is 6.18 Å². The highest BCUT2D eigenvalue weighted by atomic mass is 35.5. The van der Waals surface area contributed by atoms with Gasteiger partial charge in [-0.15, -0.1) is 0 Å². The number of fused-ring (bicyclic) bond motifs is 1. The summed E-state index contributed by atoms with van der Waals surface area (Å²) in [6.45, 7) is 0. The summed E-state index contributed by atoms with van der Waals surface area (Å²) in [6, 6.07) is 0. The smallest absolute Gasteiger partial charge is 0.293 e. The first-order valence-electron chi connectivity index (χ1n) is 5.45. The van der Waals surface area contributed by atoms with Gasteiger partial charge in [0.05, 0.1) is 18.6 Å². The van der Waals surface area contributed by atoms with Crippen LogP contribution in [-0.2, 0) is 6.18 Å². The molecule has 0 saturated heterocycles. The van der Waals surface area contributed by atoms with Crippen molar-refractivity contribution in [2.24, 2.45) is 0 Å². The molecule has 10 heteroatoms. The van der Waals surface area contributed by atoms with Gasteiger partial charge in [-0.1, -0.05) is 11.6 Å². The third kappa shape index (κ3) is 2.40. The number of halogens is 5. The maximum absolute atomic E-state index is 13.0. The van der Waals surface area contributed by atoms with Gasteiger partial charge in [-0.3, -0.25) is 4.40 Å². The van der Waals surface area contributed by atoms with E-state index in [-0.39, 0.29) is 17.2 Å². The van der Waals surface area contributed by atoms with E-state index in [0.29, 0.717) is 0 Å². The Bertz CT molecular complexity index is 829. The summed E-state index contributed by atoms with van der Waals surface area (Å²) in [5.41, 5.74) is -0.788. The van der Waals surface area contributed by atoms with Gasteiger partial charge in [0.15, 0.2) is 28.1 Å². The summed E-state index contributed by atoms with van der Waals surface area (Å²) in [5.74, 6) is -0.875. The first-order valence-corrected chi connectivity index (χ1v) is 5.83. The van der Waals surface area contributed by atoms with Gasteiger partial charge in [-0.05, 0) is 0 Å². The Morgan fingerprint density at radius 1 is 1.05 bits per heavy atom. The largest absolute Gasteiger partial charge is 0.434 e. The molecule has 108 valence electrons. The molecule has 0 atom stereocenters. The Morgan fingerprint density at radius 2 is 1.81 bits per heavy atom. The molecule has 0 aliphatic rings. The minimum atomic E-state index is -4.60. The number of imidazole rings is 1. The average molecular weight is 318 g/mol. The first kappa shape index (κ1) is 13.7. The van der Waals surface area contributed by atoms with Crippen LogP contribution in [0.4, 0.5) is 17.6 Å². The highest BCUT2D eigenvalue weighted by Gasteiger charge is 2.33. The van der Waals surface area contributed by atoms with Crippen LogP contribution in [0.15, 0.2) is 24.8 Å². The number of rotatable bonds is 1. The number of nitrogens with zero attached hydrogens (tertiary/aromatic N) is 5. The van der Waals surface area contributed by atoms with Crippen LogP contribution in [0.1, 0.15) is 5.69 Å². The summed E-state index contributed by atoms with van der Waals surface area (Å²) in [5, 5.41) is -0.431. The zero-order chi connectivity index (χ0) is 15.2. The van der Waals surface area contributed by atoms with Gasteiger partial charge in [-0.25, -0.2) is 24.3 Å². The van der Waals surface area contributed by atoms with Crippen molar-refractivity contribution in [3.8, 4) is 11.5 Å². The number of aromatic nitrogens is 5. The van der Waals surface area contributed by atoms with Gasteiger partial charge in [-0.2, -0.15) is 13.2 Å². The minimum absolute atomic E-state index is 0.0479. The van der Waals surface area contributed by atoms with Crippen LogP contribution in [0.25, 0.3) is 17.2 Å². The van der Waals surface area contributed by atoms with Crippen LogP contribution in [0.2, 0.25) is 5.15 Å². The highest BCUT2D eigenvalue weighted by molar-refractivity contribution is 6.29. The van der Waals surface area contributed by atoms with Crippen molar-refractivity contribution in [3.63, 3.8) is 0 Å². The predicted molar refractivity (Wildman–Crippen MR) is 64.0 cm³/mol. The molecule has 0 aliphatic carbocycles. The van der Waals surface area contributed by atoms with E-state index in [1.165, 1.54) is 6.20 Å². The average Bonchev–Trinajstić information content (AvgIpc) is 2.84. The summed E-state index contributed by atoms with van der Waals surface area (Å²) in [4.78, 5) is 14.5. The topological polar surface area (TPSA) is 56.0 Å². The van der Waals surface area contributed by atoms with Gasteiger partial charge in [0.1, 0.15) is 5.69 Å². The second-order valence-corrected chi connectivity index (χ2v) is 4.33. The SMILES string of the molecule is Fc1cnc(-c2cnc3cnc(C(F)(F)F)cn23)nc1Cl. The lowest BCUT2D eigenvalue weighted by molar-refractivity contribution is -0.141. The third-order valence-electron chi connectivity index (χ3n) is 2.62. The van der Waals surface area contributed by atoms with Crippen molar-refractivity contribution in [2.45, 2.75) is 6.18 Å². The lowest BCUT2D eigenvalue weighted by Crippen LogP contribution is -2.09. The molecule has 3 heterocycles. The monoisotopic (exact) mass is 317 g/mol. The summed E-state index contributed by atoms with van der Waals surface area (Å²) >= 11 is 5.54. The van der Waals surface area contributed by atoms with E-state index in [2.05, 4.69) is 19.9 Å². The van der Waals surface area contributed by atoms with Crippen LogP contribution in [-0.4, -0.2) is 24.3 Å². The Morgan fingerprint density at radius 3 is 2.48 bits per heavy atom. The predicted octanol–water partition coefficient (Wildman–Crippen LogP) is 3.00. The highest BCUT2D eigenvalue weighted by Crippen LogP contribution is 2.28. The fraction of sp³-hybridized carbons (Fsp3) is 0.0909. The maximum Gasteiger partial charge on any atom is 0.434 e. The maximum atomic E-state index is 13.0. The van der Waals surface area contributed by atoms with Crippen molar-refractivity contribution in [3.05, 3.63) is 41.5 Å². The first-order chi connectivity index (χ1) is 9.86. The fourth-order valence-electron chi connectivity index (χ4n) is 1.67. The lowest BCUT2D eigenvalue weighted by atomic mass is 10.4. The molecule has 0 radical (unpaired) electrons. The Hall–Kier alpha value is -2.29. The van der Waals surface area contributed by atoms with E-state index in [1.807, 2.05) is 0 Å². The van der Waals surface area contributed by atoms with Crippen molar-refractivity contribution in [1.82, 2.24) is 24.3 Å². The molecule has 0 saturated carbocycles. The number of hydrogen-bond acceptors (Lipinski definition) is 4. The van der Waals surface area contributed by atoms with Crippen molar-refractivity contribution in [2.75, 3.05) is 0 Å². The molecule has 3 rings (SSSR count). The molecular formula is C11H4ClF4N5. The molecule has 0 aliphatic heterocycles. The molecule has 3 aromatic rings. The van der Waals surface area contributed by atoms with Gasteiger partial charge in [0, 0.05) is 6.20 Å². The quantitative estimate of drug-likeness (QED) is 0.511. The molecule has 21 heavy (non-hydrogen) atoms. The van der Waals surface area contributed by atoms with Crippen molar-refractivity contribution >= 4 is 17.2 Å².